The largest absolute Gasteiger partial charge is 0.510 e. The van der Waals surface area contributed by atoms with E-state index in [1.54, 1.807) is 39.4 Å². The molecule has 6 rings (SSSR count). The van der Waals surface area contributed by atoms with Gasteiger partial charge in [0.25, 0.3) is 5.91 Å². The Hall–Kier alpha value is -3.84. The molecular weight excluding hydrogens is 549 g/mol. The Labute approximate surface area is 240 Å². The first-order valence-corrected chi connectivity index (χ1v) is 13.7. The van der Waals surface area contributed by atoms with Crippen molar-refractivity contribution in [2.75, 3.05) is 34.3 Å². The van der Waals surface area contributed by atoms with Crippen LogP contribution < -0.4 is 5.73 Å². The molecule has 0 saturated carbocycles. The molecule has 222 valence electrons. The monoisotopic (exact) mass is 581 g/mol. The molecule has 1 amide bonds. The number of phenolic OH excluding ortho intramolecular Hbond substituents is 1. The maximum atomic E-state index is 16.0. The van der Waals surface area contributed by atoms with E-state index in [4.69, 9.17) is 10.5 Å². The van der Waals surface area contributed by atoms with Gasteiger partial charge in [-0.2, -0.15) is 0 Å². The Balaban J connectivity index is 1.47. The summed E-state index contributed by atoms with van der Waals surface area (Å²) in [7, 11) is 4.73. The van der Waals surface area contributed by atoms with Crippen molar-refractivity contribution in [1.29, 1.82) is 0 Å². The van der Waals surface area contributed by atoms with Crippen LogP contribution >= 0.6 is 0 Å². The smallest absolute Gasteiger partial charge is 0.255 e. The van der Waals surface area contributed by atoms with E-state index in [0.717, 1.165) is 18.7 Å². The van der Waals surface area contributed by atoms with Gasteiger partial charge in [0.05, 0.1) is 17.7 Å². The molecule has 0 aromatic heterocycles. The Morgan fingerprint density at radius 3 is 2.50 bits per heavy atom. The standard InChI is InChI=1S/C30H32FN3O8/c1-33(2)23-18-8-13-7-17-20(25(36)19(13)27(38)30(18,41)28(39)21(26(23)37)29(32)40)24(35)16-6-12(4-5-15(16)22(17)31)9-34-10-14(11-34)42-3/h4-6,13-14,18,23,35,37-38,41H,7-11H2,1-3H3,(H2,32,40)/t13-,18-,23-,30-/m0/s1. The lowest BCUT2D eigenvalue weighted by Crippen LogP contribution is -2.63. The first-order valence-electron chi connectivity index (χ1n) is 13.7. The summed E-state index contributed by atoms with van der Waals surface area (Å²) in [5, 5.41) is 45.6. The normalized spacial score (nSPS) is 28.2. The van der Waals surface area contributed by atoms with Crippen LogP contribution in [-0.2, 0) is 27.3 Å². The molecule has 1 aliphatic heterocycles. The predicted molar refractivity (Wildman–Crippen MR) is 147 cm³/mol. The van der Waals surface area contributed by atoms with Gasteiger partial charge in [-0.3, -0.25) is 24.2 Å². The molecule has 0 radical (unpaired) electrons. The van der Waals surface area contributed by atoms with E-state index in [1.807, 2.05) is 0 Å². The van der Waals surface area contributed by atoms with Crippen LogP contribution in [0.2, 0.25) is 0 Å². The number of allylic oxidation sites excluding steroid dienone is 1. The van der Waals surface area contributed by atoms with Crippen molar-refractivity contribution in [1.82, 2.24) is 9.80 Å². The number of halogens is 1. The topological polar surface area (TPSA) is 174 Å². The molecule has 0 spiro atoms. The zero-order valence-corrected chi connectivity index (χ0v) is 23.3. The number of aliphatic hydroxyl groups excluding tert-OH is 2. The second kappa shape index (κ2) is 9.60. The fourth-order valence-electron chi connectivity index (χ4n) is 7.27. The molecule has 6 N–H and O–H groups in total. The number of carbonyl (C=O) groups is 3. The fraction of sp³-hybridized carbons (Fsp3) is 0.433. The Morgan fingerprint density at radius 1 is 1.19 bits per heavy atom. The van der Waals surface area contributed by atoms with Gasteiger partial charge < -0.3 is 30.9 Å². The summed E-state index contributed by atoms with van der Waals surface area (Å²) >= 11 is 0. The number of methoxy groups -OCH3 is 1. The number of hydrogen-bond donors (Lipinski definition) is 5. The number of hydrogen-bond acceptors (Lipinski definition) is 10. The molecular formula is C30H32FN3O8. The van der Waals surface area contributed by atoms with Crippen LogP contribution in [0.5, 0.6) is 5.75 Å². The summed E-state index contributed by atoms with van der Waals surface area (Å²) in [5.74, 6) is -8.35. The van der Waals surface area contributed by atoms with Crippen molar-refractivity contribution in [3.05, 3.63) is 63.4 Å². The summed E-state index contributed by atoms with van der Waals surface area (Å²) in [6.45, 7) is 1.99. The number of likely N-dealkylation sites (N-methyl/N-ethyl adjacent to an activating group) is 1. The summed E-state index contributed by atoms with van der Waals surface area (Å²) in [4.78, 5) is 43.1. The molecule has 12 heteroatoms. The van der Waals surface area contributed by atoms with Crippen molar-refractivity contribution < 1.29 is 43.9 Å². The molecule has 3 aliphatic carbocycles. The maximum absolute atomic E-state index is 16.0. The number of carbonyl (C=O) groups excluding carboxylic acids is 3. The van der Waals surface area contributed by atoms with Gasteiger partial charge in [0.2, 0.25) is 5.78 Å². The van der Waals surface area contributed by atoms with Crippen LogP contribution in [0.1, 0.15) is 27.9 Å². The number of aromatic hydroxyl groups is 1. The number of Topliss-reactive ketones (excluding diaryl/α,β-unsaturated/α-hetero) is 2. The lowest BCUT2D eigenvalue weighted by molar-refractivity contribution is -0.148. The van der Waals surface area contributed by atoms with Crippen molar-refractivity contribution in [3.63, 3.8) is 0 Å². The highest BCUT2D eigenvalue weighted by Gasteiger charge is 2.63. The van der Waals surface area contributed by atoms with Crippen LogP contribution in [0.15, 0.2) is 40.9 Å². The number of benzene rings is 2. The molecule has 1 fully saturated rings. The highest BCUT2D eigenvalue weighted by Crippen LogP contribution is 2.53. The van der Waals surface area contributed by atoms with Crippen LogP contribution in [0.3, 0.4) is 0 Å². The quantitative estimate of drug-likeness (QED) is 0.323. The third-order valence-corrected chi connectivity index (χ3v) is 9.36. The number of fused-ring (bicyclic) bond motifs is 4. The van der Waals surface area contributed by atoms with Crippen LogP contribution in [0.25, 0.3) is 10.8 Å². The van der Waals surface area contributed by atoms with E-state index in [2.05, 4.69) is 4.90 Å². The number of phenols is 1. The van der Waals surface area contributed by atoms with Crippen molar-refractivity contribution in [2.24, 2.45) is 17.6 Å². The first kappa shape index (κ1) is 28.3. The van der Waals surface area contributed by atoms with Crippen molar-refractivity contribution >= 4 is 28.2 Å². The minimum Gasteiger partial charge on any atom is -0.510 e. The minimum absolute atomic E-state index is 0.0310. The number of aliphatic hydroxyl groups is 3. The van der Waals surface area contributed by atoms with E-state index >= 15 is 4.39 Å². The zero-order chi connectivity index (χ0) is 30.4. The predicted octanol–water partition coefficient (Wildman–Crippen LogP) is 1.24. The van der Waals surface area contributed by atoms with Crippen LogP contribution in [0, 0.1) is 17.7 Å². The molecule has 11 nitrogen and oxygen atoms in total. The Kier molecular flexibility index (Phi) is 6.46. The molecule has 4 aliphatic rings. The number of likely N-dealkylation sites (tertiary alicyclic amines) is 1. The van der Waals surface area contributed by atoms with Crippen molar-refractivity contribution in [3.8, 4) is 5.75 Å². The second-order valence-corrected chi connectivity index (χ2v) is 11.9. The molecule has 2 aromatic carbocycles. The summed E-state index contributed by atoms with van der Waals surface area (Å²) < 4.78 is 21.3. The lowest BCUT2D eigenvalue weighted by Gasteiger charge is -2.50. The highest BCUT2D eigenvalue weighted by molar-refractivity contribution is 6.25. The van der Waals surface area contributed by atoms with Gasteiger partial charge in [-0.25, -0.2) is 4.39 Å². The number of ketones is 2. The van der Waals surface area contributed by atoms with Gasteiger partial charge in [-0.1, -0.05) is 12.1 Å². The van der Waals surface area contributed by atoms with Gasteiger partial charge in [-0.05, 0) is 44.5 Å². The molecule has 2 aromatic rings. The zero-order valence-electron chi connectivity index (χ0n) is 23.3. The molecule has 1 heterocycles. The van der Waals surface area contributed by atoms with Gasteiger partial charge >= 0.3 is 0 Å². The summed E-state index contributed by atoms with van der Waals surface area (Å²) in [6.07, 6.45) is -0.0821. The fourth-order valence-corrected chi connectivity index (χ4v) is 7.27. The SMILES string of the molecule is COC1CN(Cc2ccc3c(F)c4c(c(O)c3c2)C(=O)C2=C(O)[C@]3(O)C(=O)C(C(N)=O)=C(O)[C@@H](N(C)C)[C@@H]3C[C@@H]2C4)C1. The third-order valence-electron chi connectivity index (χ3n) is 9.36. The van der Waals surface area contributed by atoms with Gasteiger partial charge in [0.15, 0.2) is 11.4 Å². The highest BCUT2D eigenvalue weighted by atomic mass is 19.1. The minimum atomic E-state index is -2.75. The molecule has 1 saturated heterocycles. The van der Waals surface area contributed by atoms with E-state index in [9.17, 15) is 34.8 Å². The first-order chi connectivity index (χ1) is 19.8. The van der Waals surface area contributed by atoms with Crippen LogP contribution in [0.4, 0.5) is 4.39 Å². The Morgan fingerprint density at radius 2 is 1.88 bits per heavy atom. The lowest BCUT2D eigenvalue weighted by atomic mass is 9.58. The van der Waals surface area contributed by atoms with E-state index in [0.29, 0.717) is 6.54 Å². The number of ether oxygens (including phenoxy) is 1. The Bertz CT molecular complexity index is 1640. The van der Waals surface area contributed by atoms with E-state index < -0.39 is 69.6 Å². The third kappa shape index (κ3) is 3.75. The van der Waals surface area contributed by atoms with E-state index in [-0.39, 0.29) is 46.4 Å². The average molecular weight is 582 g/mol. The number of nitrogens with two attached hydrogens (primary N) is 1. The number of amides is 1. The van der Waals surface area contributed by atoms with Gasteiger partial charge in [0, 0.05) is 54.6 Å². The van der Waals surface area contributed by atoms with E-state index in [1.165, 1.54) is 4.90 Å². The molecule has 0 unspecified atom stereocenters. The molecule has 0 bridgehead atoms. The van der Waals surface area contributed by atoms with Gasteiger partial charge in [-0.15, -0.1) is 0 Å². The van der Waals surface area contributed by atoms with Crippen LogP contribution in [-0.4, -0.2) is 99.7 Å². The number of nitrogens with zero attached hydrogens (tertiary/aromatic N) is 2. The average Bonchev–Trinajstić information content (AvgIpc) is 2.90. The maximum Gasteiger partial charge on any atom is 0.255 e. The summed E-state index contributed by atoms with van der Waals surface area (Å²) in [5.41, 5.74) is 1.82. The molecule has 42 heavy (non-hydrogen) atoms. The second-order valence-electron chi connectivity index (χ2n) is 11.9. The van der Waals surface area contributed by atoms with Crippen molar-refractivity contribution in [2.45, 2.75) is 37.1 Å². The number of primary amides is 1. The number of rotatable bonds is 5. The molecule has 4 atom stereocenters. The van der Waals surface area contributed by atoms with Gasteiger partial charge in [0.1, 0.15) is 28.7 Å². The summed E-state index contributed by atoms with van der Waals surface area (Å²) in [6, 6.07) is 3.83.